The van der Waals surface area contributed by atoms with Crippen LogP contribution >= 0.6 is 46.4 Å². The maximum Gasteiger partial charge on any atom is 0.263 e. The van der Waals surface area contributed by atoms with Crippen LogP contribution in [0.25, 0.3) is 10.9 Å². The molecule has 2 heterocycles. The maximum atomic E-state index is 12.8. The molecule has 4 rings (SSSR count). The van der Waals surface area contributed by atoms with Crippen molar-refractivity contribution in [1.82, 2.24) is 9.88 Å². The summed E-state index contributed by atoms with van der Waals surface area (Å²) >= 11 is 24.4. The van der Waals surface area contributed by atoms with Crippen LogP contribution in [0.2, 0.25) is 20.1 Å². The Morgan fingerprint density at radius 2 is 1.57 bits per heavy atom. The van der Waals surface area contributed by atoms with Crippen molar-refractivity contribution < 1.29 is 14.3 Å². The first kappa shape index (κ1) is 19.4. The van der Waals surface area contributed by atoms with Crippen molar-refractivity contribution in [3.05, 3.63) is 61.2 Å². The van der Waals surface area contributed by atoms with Crippen molar-refractivity contribution >= 4 is 69.1 Å². The zero-order chi connectivity index (χ0) is 20.2. The van der Waals surface area contributed by atoms with E-state index in [2.05, 4.69) is 4.98 Å². The van der Waals surface area contributed by atoms with Gasteiger partial charge in [-0.25, -0.2) is 0 Å². The Morgan fingerprint density at radius 3 is 2.14 bits per heavy atom. The Kier molecular flexibility index (Phi) is 4.96. The summed E-state index contributed by atoms with van der Waals surface area (Å²) in [5.41, 5.74) is 1.86. The van der Waals surface area contributed by atoms with Crippen molar-refractivity contribution in [3.63, 3.8) is 0 Å². The zero-order valence-electron chi connectivity index (χ0n) is 14.4. The molecule has 1 aliphatic heterocycles. The molecular formula is C19H12Cl4N2O3. The molecule has 3 aromatic rings. The van der Waals surface area contributed by atoms with Gasteiger partial charge in [-0.2, -0.15) is 0 Å². The predicted octanol–water partition coefficient (Wildman–Crippen LogP) is 5.63. The van der Waals surface area contributed by atoms with Crippen LogP contribution in [0.15, 0.2) is 24.4 Å². The molecule has 0 atom stereocenters. The van der Waals surface area contributed by atoms with Crippen molar-refractivity contribution in [2.24, 2.45) is 0 Å². The number of amides is 2. The van der Waals surface area contributed by atoms with Crippen LogP contribution in [0.5, 0.6) is 5.75 Å². The first-order valence-electron chi connectivity index (χ1n) is 8.21. The quantitative estimate of drug-likeness (QED) is 0.313. The number of imide groups is 1. The minimum Gasteiger partial charge on any atom is -0.497 e. The summed E-state index contributed by atoms with van der Waals surface area (Å²) in [7, 11) is 1.59. The van der Waals surface area contributed by atoms with Crippen LogP contribution in [-0.4, -0.2) is 35.4 Å². The maximum absolute atomic E-state index is 12.8. The molecule has 0 saturated heterocycles. The second-order valence-corrected chi connectivity index (χ2v) is 7.76. The minimum absolute atomic E-state index is 0.00772. The molecule has 0 unspecified atom stereocenters. The largest absolute Gasteiger partial charge is 0.497 e. The summed E-state index contributed by atoms with van der Waals surface area (Å²) < 4.78 is 5.26. The van der Waals surface area contributed by atoms with Crippen LogP contribution in [0.3, 0.4) is 0 Å². The number of aromatic nitrogens is 1. The van der Waals surface area contributed by atoms with Gasteiger partial charge in [0.15, 0.2) is 0 Å². The molecule has 0 aliphatic carbocycles. The minimum atomic E-state index is -0.539. The Bertz CT molecular complexity index is 1110. The molecule has 2 aromatic carbocycles. The molecule has 1 aliphatic rings. The molecule has 0 radical (unpaired) electrons. The summed E-state index contributed by atoms with van der Waals surface area (Å²) in [6.07, 6.45) is 2.28. The normalized spacial score (nSPS) is 13.5. The van der Waals surface area contributed by atoms with E-state index in [4.69, 9.17) is 51.1 Å². The number of benzene rings is 2. The molecule has 5 nitrogen and oxygen atoms in total. The lowest BCUT2D eigenvalue weighted by Crippen LogP contribution is -2.31. The molecule has 0 spiro atoms. The number of fused-ring (bicyclic) bond motifs is 2. The highest BCUT2D eigenvalue weighted by Crippen LogP contribution is 2.44. The van der Waals surface area contributed by atoms with Gasteiger partial charge >= 0.3 is 0 Å². The third-order valence-electron chi connectivity index (χ3n) is 4.76. The van der Waals surface area contributed by atoms with Gasteiger partial charge in [-0.05, 0) is 30.2 Å². The summed E-state index contributed by atoms with van der Waals surface area (Å²) in [5, 5.41) is 0.739. The standard InChI is InChI=1S/C19H12Cl4N2O3/c1-28-9-2-3-11-10(6-9)8(7-24-11)4-5-25-18(26)12-13(19(25)27)15(21)17(23)16(22)14(12)20/h2-3,6-7,24H,4-5H2,1H3. The smallest absolute Gasteiger partial charge is 0.263 e. The number of hydrogen-bond donors (Lipinski definition) is 1. The lowest BCUT2D eigenvalue weighted by Gasteiger charge is -2.13. The number of aromatic amines is 1. The van der Waals surface area contributed by atoms with E-state index in [1.54, 1.807) is 7.11 Å². The van der Waals surface area contributed by atoms with Crippen LogP contribution < -0.4 is 4.74 Å². The number of rotatable bonds is 4. The second kappa shape index (κ2) is 7.16. The number of carbonyl (C=O) groups excluding carboxylic acids is 2. The molecule has 9 heteroatoms. The van der Waals surface area contributed by atoms with E-state index < -0.39 is 11.8 Å². The van der Waals surface area contributed by atoms with Gasteiger partial charge in [0.1, 0.15) is 5.75 Å². The number of methoxy groups -OCH3 is 1. The van der Waals surface area contributed by atoms with E-state index in [9.17, 15) is 9.59 Å². The van der Waals surface area contributed by atoms with Gasteiger partial charge < -0.3 is 9.72 Å². The zero-order valence-corrected chi connectivity index (χ0v) is 17.4. The van der Waals surface area contributed by atoms with E-state index in [1.807, 2.05) is 24.4 Å². The van der Waals surface area contributed by atoms with Crippen LogP contribution in [-0.2, 0) is 6.42 Å². The third-order valence-corrected chi connectivity index (χ3v) is 6.57. The lowest BCUT2D eigenvalue weighted by atomic mass is 10.1. The van der Waals surface area contributed by atoms with E-state index >= 15 is 0 Å². The number of H-pyrrole nitrogens is 1. The Labute approximate surface area is 180 Å². The highest BCUT2D eigenvalue weighted by atomic mass is 35.5. The van der Waals surface area contributed by atoms with Gasteiger partial charge in [0.2, 0.25) is 0 Å². The summed E-state index contributed by atoms with van der Waals surface area (Å²) in [4.78, 5) is 29.9. The van der Waals surface area contributed by atoms with Crippen LogP contribution in [0, 0.1) is 0 Å². The molecule has 0 fully saturated rings. The van der Waals surface area contributed by atoms with Crippen LogP contribution in [0.4, 0.5) is 0 Å². The highest BCUT2D eigenvalue weighted by molar-refractivity contribution is 6.55. The molecule has 28 heavy (non-hydrogen) atoms. The number of carbonyl (C=O) groups is 2. The van der Waals surface area contributed by atoms with E-state index in [0.717, 1.165) is 27.1 Å². The summed E-state index contributed by atoms with van der Waals surface area (Å²) in [6, 6.07) is 5.66. The fourth-order valence-electron chi connectivity index (χ4n) is 3.32. The van der Waals surface area contributed by atoms with Crippen LogP contribution in [0.1, 0.15) is 26.3 Å². The van der Waals surface area contributed by atoms with Gasteiger partial charge in [-0.15, -0.1) is 0 Å². The highest BCUT2D eigenvalue weighted by Gasteiger charge is 2.41. The van der Waals surface area contributed by atoms with Crippen molar-refractivity contribution in [3.8, 4) is 5.75 Å². The van der Waals surface area contributed by atoms with E-state index in [0.29, 0.717) is 6.42 Å². The van der Waals surface area contributed by atoms with Gasteiger partial charge in [-0.1, -0.05) is 46.4 Å². The van der Waals surface area contributed by atoms with E-state index in [1.165, 1.54) is 0 Å². The molecular weight excluding hydrogens is 446 g/mol. The lowest BCUT2D eigenvalue weighted by molar-refractivity contribution is 0.0656. The number of nitrogens with zero attached hydrogens (tertiary/aromatic N) is 1. The molecule has 1 N–H and O–H groups in total. The average molecular weight is 458 g/mol. The van der Waals surface area contributed by atoms with Gasteiger partial charge in [0.25, 0.3) is 11.8 Å². The predicted molar refractivity (Wildman–Crippen MR) is 110 cm³/mol. The van der Waals surface area contributed by atoms with Gasteiger partial charge in [0, 0.05) is 23.6 Å². The Hall–Kier alpha value is -1.92. The summed E-state index contributed by atoms with van der Waals surface area (Å²) in [5.74, 6) is -0.359. The fraction of sp³-hybridized carbons (Fsp3) is 0.158. The SMILES string of the molecule is COc1ccc2[nH]cc(CCN3C(=O)c4c(Cl)c(Cl)c(Cl)c(Cl)c4C3=O)c2c1. The number of hydrogen-bond acceptors (Lipinski definition) is 3. The van der Waals surface area contributed by atoms with Gasteiger partial charge in [-0.3, -0.25) is 14.5 Å². The third kappa shape index (κ3) is 2.85. The fourth-order valence-corrected chi connectivity index (χ4v) is 4.34. The number of halogens is 4. The first-order chi connectivity index (χ1) is 13.3. The molecule has 0 saturated carbocycles. The van der Waals surface area contributed by atoms with E-state index in [-0.39, 0.29) is 37.8 Å². The second-order valence-electron chi connectivity index (χ2n) is 6.24. The average Bonchev–Trinajstić information content (AvgIpc) is 3.21. The summed E-state index contributed by atoms with van der Waals surface area (Å²) in [6.45, 7) is 0.151. The Balaban J connectivity index is 1.65. The number of ether oxygens (including phenoxy) is 1. The van der Waals surface area contributed by atoms with Gasteiger partial charge in [0.05, 0.1) is 38.3 Å². The molecule has 144 valence electrons. The first-order valence-corrected chi connectivity index (χ1v) is 9.72. The molecule has 2 amide bonds. The topological polar surface area (TPSA) is 62.4 Å². The monoisotopic (exact) mass is 456 g/mol. The number of nitrogens with one attached hydrogen (secondary N) is 1. The van der Waals surface area contributed by atoms with Crippen molar-refractivity contribution in [2.45, 2.75) is 6.42 Å². The van der Waals surface area contributed by atoms with Crippen molar-refractivity contribution in [1.29, 1.82) is 0 Å². The molecule has 1 aromatic heterocycles. The molecule has 0 bridgehead atoms. The Morgan fingerprint density at radius 1 is 0.964 bits per heavy atom. The van der Waals surface area contributed by atoms with Crippen molar-refractivity contribution in [2.75, 3.05) is 13.7 Å².